The number of esters is 1. The fourth-order valence-electron chi connectivity index (χ4n) is 4.99. The summed E-state index contributed by atoms with van der Waals surface area (Å²) in [5.41, 5.74) is 7.78. The topological polar surface area (TPSA) is 56.8 Å². The van der Waals surface area contributed by atoms with E-state index in [-0.39, 0.29) is 12.0 Å². The first kappa shape index (κ1) is 26.7. The van der Waals surface area contributed by atoms with E-state index in [1.807, 2.05) is 30.3 Å². The molecule has 0 aromatic heterocycles. The molecule has 0 radical (unpaired) electrons. The van der Waals surface area contributed by atoms with Gasteiger partial charge in [-0.15, -0.1) is 0 Å². The van der Waals surface area contributed by atoms with Crippen molar-refractivity contribution in [1.82, 2.24) is 5.32 Å². The van der Waals surface area contributed by atoms with Crippen LogP contribution in [0.4, 0.5) is 0 Å². The van der Waals surface area contributed by atoms with Crippen LogP contribution in [0.2, 0.25) is 0 Å². The van der Waals surface area contributed by atoms with Gasteiger partial charge in [0, 0.05) is 0 Å². The van der Waals surface area contributed by atoms with Crippen molar-refractivity contribution in [2.24, 2.45) is 0 Å². The zero-order valence-corrected chi connectivity index (χ0v) is 22.4. The van der Waals surface area contributed by atoms with E-state index in [1.54, 1.807) is 0 Å². The highest BCUT2D eigenvalue weighted by Crippen LogP contribution is 2.27. The molecule has 0 saturated heterocycles. The highest BCUT2D eigenvalue weighted by atomic mass is 16.5. The average Bonchev–Trinajstić information content (AvgIpc) is 3.00. The molecule has 1 unspecified atom stereocenters. The first-order chi connectivity index (χ1) is 19.2. The first-order valence-electron chi connectivity index (χ1n) is 13.5. The van der Waals surface area contributed by atoms with Crippen LogP contribution < -0.4 is 10.1 Å². The van der Waals surface area contributed by atoms with E-state index >= 15 is 0 Å². The zero-order chi connectivity index (χ0) is 26.9. The largest absolute Gasteiger partial charge is 0.489 e. The van der Waals surface area contributed by atoms with Crippen molar-refractivity contribution in [3.63, 3.8) is 0 Å². The third kappa shape index (κ3) is 7.14. The second-order valence-corrected chi connectivity index (χ2v) is 9.88. The van der Waals surface area contributed by atoms with Gasteiger partial charge in [-0.2, -0.15) is 0 Å². The quantitative estimate of drug-likeness (QED) is 0.237. The van der Waals surface area contributed by atoms with Crippen LogP contribution in [0.3, 0.4) is 0 Å². The highest BCUT2D eigenvalue weighted by molar-refractivity contribution is 5.89. The van der Waals surface area contributed by atoms with E-state index in [4.69, 9.17) is 14.2 Å². The maximum Gasteiger partial charge on any atom is 0.337 e. The molecule has 200 valence electrons. The molecule has 1 atom stereocenters. The molecule has 0 amide bonds. The second-order valence-electron chi connectivity index (χ2n) is 9.88. The molecule has 1 aliphatic rings. The van der Waals surface area contributed by atoms with E-state index in [2.05, 4.69) is 72.0 Å². The number of fused-ring (bicyclic) bond motifs is 1. The van der Waals surface area contributed by atoms with Crippen molar-refractivity contribution in [3.8, 4) is 5.75 Å². The maximum absolute atomic E-state index is 11.9. The molecule has 1 N–H and O–H groups in total. The summed E-state index contributed by atoms with van der Waals surface area (Å²) in [6.07, 6.45) is 2.91. The Bertz CT molecular complexity index is 1370. The van der Waals surface area contributed by atoms with E-state index in [9.17, 15) is 4.79 Å². The number of nitrogens with one attached hydrogen (secondary N) is 1. The van der Waals surface area contributed by atoms with Crippen molar-refractivity contribution in [3.05, 3.63) is 136 Å². The summed E-state index contributed by atoms with van der Waals surface area (Å²) in [5, 5.41) is 3.62. The van der Waals surface area contributed by atoms with Gasteiger partial charge >= 0.3 is 5.97 Å². The number of rotatable bonds is 11. The lowest BCUT2D eigenvalue weighted by atomic mass is 9.96. The number of methoxy groups -OCH3 is 1. The fraction of sp³-hybridized carbons (Fsp3) is 0.265. The van der Waals surface area contributed by atoms with Crippen LogP contribution in [-0.2, 0) is 41.9 Å². The van der Waals surface area contributed by atoms with Crippen LogP contribution >= 0.6 is 0 Å². The number of benzene rings is 4. The number of ether oxygens (including phenoxy) is 3. The van der Waals surface area contributed by atoms with E-state index < -0.39 is 0 Å². The number of aryl methyl sites for hydroxylation is 2. The van der Waals surface area contributed by atoms with Crippen LogP contribution in [0.1, 0.15) is 49.8 Å². The Morgan fingerprint density at radius 2 is 1.56 bits per heavy atom. The van der Waals surface area contributed by atoms with Gasteiger partial charge in [0.2, 0.25) is 0 Å². The third-order valence-electron chi connectivity index (χ3n) is 7.20. The normalized spacial score (nSPS) is 14.4. The van der Waals surface area contributed by atoms with Crippen molar-refractivity contribution >= 4 is 5.97 Å². The van der Waals surface area contributed by atoms with Gasteiger partial charge in [0.05, 0.1) is 31.9 Å². The van der Waals surface area contributed by atoms with E-state index in [0.29, 0.717) is 25.4 Å². The van der Waals surface area contributed by atoms with Crippen molar-refractivity contribution < 1.29 is 19.0 Å². The smallest absolute Gasteiger partial charge is 0.337 e. The molecule has 0 bridgehead atoms. The van der Waals surface area contributed by atoms with Crippen LogP contribution in [0.25, 0.3) is 0 Å². The van der Waals surface area contributed by atoms with Gasteiger partial charge in [0.25, 0.3) is 0 Å². The molecule has 5 nitrogen and oxygen atoms in total. The summed E-state index contributed by atoms with van der Waals surface area (Å²) in [5.74, 6) is 0.582. The monoisotopic (exact) mass is 521 g/mol. The predicted molar refractivity (Wildman–Crippen MR) is 153 cm³/mol. The van der Waals surface area contributed by atoms with Crippen LogP contribution in [-0.4, -0.2) is 26.2 Å². The molecule has 0 spiro atoms. The summed E-state index contributed by atoms with van der Waals surface area (Å²) < 4.78 is 16.9. The number of hydrogen-bond acceptors (Lipinski definition) is 5. The summed E-state index contributed by atoms with van der Waals surface area (Å²) in [7, 11) is 1.40. The van der Waals surface area contributed by atoms with Gasteiger partial charge in [-0.3, -0.25) is 0 Å². The number of carbonyl (C=O) groups is 1. The van der Waals surface area contributed by atoms with Gasteiger partial charge in [-0.25, -0.2) is 4.79 Å². The van der Waals surface area contributed by atoms with E-state index in [0.717, 1.165) is 42.7 Å². The first-order valence-corrected chi connectivity index (χ1v) is 13.5. The van der Waals surface area contributed by atoms with Crippen molar-refractivity contribution in [2.45, 2.75) is 38.5 Å². The van der Waals surface area contributed by atoms with Gasteiger partial charge in [0.15, 0.2) is 0 Å². The Balaban J connectivity index is 1.13. The molecule has 0 aliphatic carbocycles. The van der Waals surface area contributed by atoms with Crippen LogP contribution in [0.15, 0.2) is 97.1 Å². The minimum Gasteiger partial charge on any atom is -0.489 e. The predicted octanol–water partition coefficient (Wildman–Crippen LogP) is 6.24. The van der Waals surface area contributed by atoms with Gasteiger partial charge < -0.3 is 19.5 Å². The lowest BCUT2D eigenvalue weighted by Gasteiger charge is -2.27. The molecule has 4 aromatic carbocycles. The Hall–Kier alpha value is -3.93. The Labute approximate surface area is 230 Å². The molecule has 4 aromatic rings. The lowest BCUT2D eigenvalue weighted by Crippen LogP contribution is -2.31. The molecule has 0 saturated carbocycles. The number of para-hydroxylation sites is 1. The number of hydrogen-bond donors (Lipinski definition) is 1. The van der Waals surface area contributed by atoms with Gasteiger partial charge in [0.1, 0.15) is 12.4 Å². The standard InChI is InChI=1S/C34H35NO4/c1-37-34(36)29-17-18-31-30(21-29)23-38-24-32(31)35-20-19-28-9-5-6-10-33(28)39-22-27-15-13-26(14-16-27)12-11-25-7-3-2-4-8-25/h2-10,13-18,21,32,35H,11-12,19-20,22-24H2,1H3. The molecule has 5 heteroatoms. The Morgan fingerprint density at radius 1 is 0.846 bits per heavy atom. The third-order valence-corrected chi connectivity index (χ3v) is 7.20. The van der Waals surface area contributed by atoms with Crippen LogP contribution in [0.5, 0.6) is 5.75 Å². The Kier molecular flexibility index (Phi) is 9.05. The van der Waals surface area contributed by atoms with Gasteiger partial charge in [-0.05, 0) is 77.4 Å². The molecule has 1 heterocycles. The Morgan fingerprint density at radius 3 is 2.36 bits per heavy atom. The summed E-state index contributed by atoms with van der Waals surface area (Å²) in [6, 6.07) is 33.3. The summed E-state index contributed by atoms with van der Waals surface area (Å²) in [4.78, 5) is 11.9. The second kappa shape index (κ2) is 13.2. The van der Waals surface area contributed by atoms with Crippen LogP contribution in [0, 0.1) is 0 Å². The SMILES string of the molecule is COC(=O)c1ccc2c(c1)COCC2NCCc1ccccc1OCc1ccc(CCc2ccccc2)cc1. The maximum atomic E-state index is 11.9. The van der Waals surface area contributed by atoms with Crippen molar-refractivity contribution in [2.75, 3.05) is 20.3 Å². The molecular formula is C34H35NO4. The van der Waals surface area contributed by atoms with Gasteiger partial charge in [-0.1, -0.05) is 78.9 Å². The number of carbonyl (C=O) groups excluding carboxylic acids is 1. The fourth-order valence-corrected chi connectivity index (χ4v) is 4.99. The highest BCUT2D eigenvalue weighted by Gasteiger charge is 2.22. The minimum absolute atomic E-state index is 0.0777. The van der Waals surface area contributed by atoms with Crippen molar-refractivity contribution in [1.29, 1.82) is 0 Å². The average molecular weight is 522 g/mol. The minimum atomic E-state index is -0.330. The summed E-state index contributed by atoms with van der Waals surface area (Å²) in [6.45, 7) is 2.42. The lowest BCUT2D eigenvalue weighted by molar-refractivity contribution is 0.0598. The zero-order valence-electron chi connectivity index (χ0n) is 22.4. The molecule has 39 heavy (non-hydrogen) atoms. The molecule has 1 aliphatic heterocycles. The summed E-state index contributed by atoms with van der Waals surface area (Å²) >= 11 is 0. The molecule has 0 fully saturated rings. The molecule has 5 rings (SSSR count). The van der Waals surface area contributed by atoms with E-state index in [1.165, 1.54) is 29.4 Å². The molecular weight excluding hydrogens is 486 g/mol.